The Balaban J connectivity index is 2.11. The van der Waals surface area contributed by atoms with Crippen molar-refractivity contribution in [2.24, 2.45) is 0 Å². The normalized spacial score (nSPS) is 12.3. The topological polar surface area (TPSA) is 53.6 Å². The Morgan fingerprint density at radius 3 is 3.06 bits per heavy atom. The lowest BCUT2D eigenvalue weighted by Crippen LogP contribution is -2.31. The number of hydrogen-bond donors (Lipinski definition) is 1. The van der Waals surface area contributed by atoms with Crippen LogP contribution in [0, 0.1) is 11.3 Å². The van der Waals surface area contributed by atoms with Gasteiger partial charge in [0.2, 0.25) is 0 Å². The van der Waals surface area contributed by atoms with Crippen LogP contribution in [0.4, 0.5) is 0 Å². The Hall–Kier alpha value is -0.860. The van der Waals surface area contributed by atoms with Crippen molar-refractivity contribution in [1.29, 1.82) is 5.26 Å². The Labute approximate surface area is 105 Å². The van der Waals surface area contributed by atoms with Gasteiger partial charge in [-0.25, -0.2) is 0 Å². The average molecular weight is 285 g/mol. The lowest BCUT2D eigenvalue weighted by Gasteiger charge is -2.13. The summed E-state index contributed by atoms with van der Waals surface area (Å²) in [6.07, 6.45) is 6.44. The van der Waals surface area contributed by atoms with Gasteiger partial charge in [-0.3, -0.25) is 4.68 Å². The summed E-state index contributed by atoms with van der Waals surface area (Å²) >= 11 is 3.37. The molecule has 1 unspecified atom stereocenters. The minimum atomic E-state index is 0.397. The van der Waals surface area contributed by atoms with E-state index in [9.17, 15) is 0 Å². The maximum Gasteiger partial charge on any atom is 0.0632 e. The first kappa shape index (κ1) is 13.2. The predicted molar refractivity (Wildman–Crippen MR) is 66.9 cm³/mol. The van der Waals surface area contributed by atoms with Crippen LogP contribution < -0.4 is 5.32 Å². The molecular formula is C11H17BrN4. The van der Waals surface area contributed by atoms with Crippen LogP contribution in [0.25, 0.3) is 0 Å². The molecule has 0 bridgehead atoms. The first-order chi connectivity index (χ1) is 7.72. The molecule has 1 rings (SSSR count). The second-order valence-corrected chi connectivity index (χ2v) is 4.77. The third-order valence-electron chi connectivity index (χ3n) is 2.27. The zero-order chi connectivity index (χ0) is 11.8. The molecule has 1 aromatic heterocycles. The van der Waals surface area contributed by atoms with Crippen LogP contribution in [0.1, 0.15) is 26.2 Å². The molecule has 0 aliphatic carbocycles. The molecule has 1 N–H and O–H groups in total. The minimum absolute atomic E-state index is 0.397. The SMILES string of the molecule is CC(Cn1cc(Br)cn1)NCCCCC#N. The molecule has 88 valence electrons. The molecule has 1 atom stereocenters. The third-order valence-corrected chi connectivity index (χ3v) is 2.68. The van der Waals surface area contributed by atoms with Crippen LogP contribution in [-0.4, -0.2) is 22.4 Å². The molecule has 5 heteroatoms. The van der Waals surface area contributed by atoms with Gasteiger partial charge < -0.3 is 5.32 Å². The minimum Gasteiger partial charge on any atom is -0.312 e. The third kappa shape index (κ3) is 5.29. The second kappa shape index (κ2) is 7.42. The number of nitriles is 1. The molecule has 0 aliphatic heterocycles. The van der Waals surface area contributed by atoms with Crippen molar-refractivity contribution < 1.29 is 0 Å². The highest BCUT2D eigenvalue weighted by Gasteiger charge is 2.02. The largest absolute Gasteiger partial charge is 0.312 e. The van der Waals surface area contributed by atoms with Gasteiger partial charge in [-0.1, -0.05) is 0 Å². The number of aromatic nitrogens is 2. The summed E-state index contributed by atoms with van der Waals surface area (Å²) in [6, 6.07) is 2.55. The number of unbranched alkanes of at least 4 members (excludes halogenated alkanes) is 2. The number of nitrogens with one attached hydrogen (secondary N) is 1. The molecule has 0 amide bonds. The van der Waals surface area contributed by atoms with Crippen LogP contribution in [0.2, 0.25) is 0 Å². The van der Waals surface area contributed by atoms with Crippen molar-refractivity contribution in [3.8, 4) is 6.07 Å². The molecule has 0 aliphatic rings. The van der Waals surface area contributed by atoms with Gasteiger partial charge in [0.15, 0.2) is 0 Å². The van der Waals surface area contributed by atoms with E-state index in [0.29, 0.717) is 12.5 Å². The van der Waals surface area contributed by atoms with Gasteiger partial charge in [0.05, 0.1) is 23.3 Å². The van der Waals surface area contributed by atoms with Crippen LogP contribution in [-0.2, 0) is 6.54 Å². The molecule has 0 aromatic carbocycles. The standard InChI is InChI=1S/C11H17BrN4/c1-10(14-6-4-2-3-5-13)8-16-9-11(12)7-15-16/h7,9-10,14H,2-4,6,8H2,1H3. The molecule has 0 saturated heterocycles. The number of nitrogens with zero attached hydrogens (tertiary/aromatic N) is 3. The summed E-state index contributed by atoms with van der Waals surface area (Å²) in [5, 5.41) is 16.0. The van der Waals surface area contributed by atoms with Crippen LogP contribution >= 0.6 is 15.9 Å². The summed E-state index contributed by atoms with van der Waals surface area (Å²) < 4.78 is 2.92. The van der Waals surface area contributed by atoms with Gasteiger partial charge in [0.1, 0.15) is 0 Å². The Morgan fingerprint density at radius 2 is 2.44 bits per heavy atom. The second-order valence-electron chi connectivity index (χ2n) is 3.85. The van der Waals surface area contributed by atoms with E-state index >= 15 is 0 Å². The van der Waals surface area contributed by atoms with E-state index in [1.807, 2.05) is 10.9 Å². The Morgan fingerprint density at radius 1 is 1.62 bits per heavy atom. The van der Waals surface area contributed by atoms with E-state index in [-0.39, 0.29) is 0 Å². The van der Waals surface area contributed by atoms with E-state index in [1.165, 1.54) is 0 Å². The van der Waals surface area contributed by atoms with E-state index in [4.69, 9.17) is 5.26 Å². The number of rotatable bonds is 7. The van der Waals surface area contributed by atoms with Gasteiger partial charge in [0, 0.05) is 18.7 Å². The van der Waals surface area contributed by atoms with Gasteiger partial charge in [-0.05, 0) is 42.2 Å². The summed E-state index contributed by atoms with van der Waals surface area (Å²) in [6.45, 7) is 3.97. The fourth-order valence-corrected chi connectivity index (χ4v) is 1.79. The van der Waals surface area contributed by atoms with Crippen molar-refractivity contribution in [3.63, 3.8) is 0 Å². The Bertz CT molecular complexity index is 342. The van der Waals surface area contributed by atoms with Gasteiger partial charge >= 0.3 is 0 Å². The summed E-state index contributed by atoms with van der Waals surface area (Å²) in [4.78, 5) is 0. The molecule has 0 saturated carbocycles. The summed E-state index contributed by atoms with van der Waals surface area (Å²) in [5.41, 5.74) is 0. The Kier molecular flexibility index (Phi) is 6.12. The summed E-state index contributed by atoms with van der Waals surface area (Å²) in [5.74, 6) is 0. The average Bonchev–Trinajstić information content (AvgIpc) is 2.63. The zero-order valence-corrected chi connectivity index (χ0v) is 11.1. The van der Waals surface area contributed by atoms with Gasteiger partial charge in [-0.2, -0.15) is 10.4 Å². The van der Waals surface area contributed by atoms with E-state index in [0.717, 1.165) is 30.4 Å². The van der Waals surface area contributed by atoms with Crippen molar-refractivity contribution in [1.82, 2.24) is 15.1 Å². The first-order valence-electron chi connectivity index (χ1n) is 5.50. The smallest absolute Gasteiger partial charge is 0.0632 e. The van der Waals surface area contributed by atoms with Crippen molar-refractivity contribution in [2.45, 2.75) is 38.8 Å². The number of hydrogen-bond acceptors (Lipinski definition) is 3. The fraction of sp³-hybridized carbons (Fsp3) is 0.636. The van der Waals surface area contributed by atoms with Crippen LogP contribution in [0.5, 0.6) is 0 Å². The van der Waals surface area contributed by atoms with Crippen molar-refractivity contribution >= 4 is 15.9 Å². The fourth-order valence-electron chi connectivity index (χ4n) is 1.46. The van der Waals surface area contributed by atoms with E-state index in [1.54, 1.807) is 6.20 Å². The predicted octanol–water partition coefficient (Wildman–Crippen LogP) is 2.32. The molecule has 1 aromatic rings. The highest BCUT2D eigenvalue weighted by molar-refractivity contribution is 9.10. The molecule has 0 radical (unpaired) electrons. The molecule has 0 spiro atoms. The van der Waals surface area contributed by atoms with E-state index < -0.39 is 0 Å². The molecule has 4 nitrogen and oxygen atoms in total. The molecule has 16 heavy (non-hydrogen) atoms. The lowest BCUT2D eigenvalue weighted by atomic mass is 10.2. The summed E-state index contributed by atoms with van der Waals surface area (Å²) in [7, 11) is 0. The van der Waals surface area contributed by atoms with Gasteiger partial charge in [-0.15, -0.1) is 0 Å². The first-order valence-corrected chi connectivity index (χ1v) is 6.30. The molecule has 1 heterocycles. The van der Waals surface area contributed by atoms with Crippen molar-refractivity contribution in [2.75, 3.05) is 6.54 Å². The maximum absolute atomic E-state index is 8.39. The number of halogens is 1. The highest BCUT2D eigenvalue weighted by Crippen LogP contribution is 2.06. The molecular weight excluding hydrogens is 268 g/mol. The highest BCUT2D eigenvalue weighted by atomic mass is 79.9. The quantitative estimate of drug-likeness (QED) is 0.782. The maximum atomic E-state index is 8.39. The van der Waals surface area contributed by atoms with Crippen LogP contribution in [0.3, 0.4) is 0 Å². The van der Waals surface area contributed by atoms with Crippen molar-refractivity contribution in [3.05, 3.63) is 16.9 Å². The lowest BCUT2D eigenvalue weighted by molar-refractivity contribution is 0.446. The van der Waals surface area contributed by atoms with Gasteiger partial charge in [0.25, 0.3) is 0 Å². The zero-order valence-electron chi connectivity index (χ0n) is 9.49. The molecule has 0 fully saturated rings. The monoisotopic (exact) mass is 284 g/mol. The van der Waals surface area contributed by atoms with Crippen LogP contribution in [0.15, 0.2) is 16.9 Å². The van der Waals surface area contributed by atoms with E-state index in [2.05, 4.69) is 39.3 Å².